The molecule has 2 atom stereocenters. The van der Waals surface area contributed by atoms with Crippen molar-refractivity contribution in [3.05, 3.63) is 12.7 Å². The Hall–Kier alpha value is -0.340. The smallest absolute Gasteiger partial charge is 0.169 e. The molecule has 14 heavy (non-hydrogen) atoms. The van der Waals surface area contributed by atoms with Gasteiger partial charge in [-0.15, -0.1) is 6.58 Å². The van der Waals surface area contributed by atoms with Gasteiger partial charge in [-0.25, -0.2) is 0 Å². The summed E-state index contributed by atoms with van der Waals surface area (Å²) < 4.78 is 11.6. The molecule has 0 aromatic carbocycles. The van der Waals surface area contributed by atoms with Crippen LogP contribution in [0.1, 0.15) is 46.0 Å². The third-order valence-corrected chi connectivity index (χ3v) is 2.84. The average Bonchev–Trinajstić information content (AvgIpc) is 2.63. The highest BCUT2D eigenvalue weighted by Gasteiger charge is 2.38. The largest absolute Gasteiger partial charge is 0.347 e. The molecule has 1 aliphatic rings. The highest BCUT2D eigenvalue weighted by Crippen LogP contribution is 2.32. The second-order valence-corrected chi connectivity index (χ2v) is 3.92. The molecule has 2 nitrogen and oxygen atoms in total. The molecular weight excluding hydrogens is 176 g/mol. The normalized spacial score (nSPS) is 32.0. The summed E-state index contributed by atoms with van der Waals surface area (Å²) in [4.78, 5) is 0. The van der Waals surface area contributed by atoms with Gasteiger partial charge in [-0.2, -0.15) is 0 Å². The van der Waals surface area contributed by atoms with Crippen LogP contribution in [0.4, 0.5) is 0 Å². The van der Waals surface area contributed by atoms with Crippen LogP contribution in [0.15, 0.2) is 12.7 Å². The van der Waals surface area contributed by atoms with E-state index in [9.17, 15) is 0 Å². The standard InChI is InChI=1S/C12H22O2/c1-4-7-8-9-12(6-3)13-10-11(5-2)14-12/h5,11H,2,4,6-10H2,1,3H3. The van der Waals surface area contributed by atoms with E-state index >= 15 is 0 Å². The van der Waals surface area contributed by atoms with Gasteiger partial charge in [-0.1, -0.05) is 32.8 Å². The molecule has 2 heteroatoms. The Balaban J connectivity index is 2.39. The molecule has 0 aromatic rings. The fraction of sp³-hybridized carbons (Fsp3) is 0.833. The lowest BCUT2D eigenvalue weighted by molar-refractivity contribution is -0.171. The molecule has 1 aliphatic heterocycles. The van der Waals surface area contributed by atoms with Crippen molar-refractivity contribution >= 4 is 0 Å². The fourth-order valence-electron chi connectivity index (χ4n) is 1.83. The lowest BCUT2D eigenvalue weighted by Gasteiger charge is -2.26. The van der Waals surface area contributed by atoms with E-state index in [1.165, 1.54) is 19.3 Å². The molecule has 0 saturated carbocycles. The van der Waals surface area contributed by atoms with E-state index in [1.54, 1.807) is 0 Å². The number of rotatable bonds is 6. The quantitative estimate of drug-likeness (QED) is 0.481. The van der Waals surface area contributed by atoms with E-state index in [0.29, 0.717) is 6.61 Å². The van der Waals surface area contributed by atoms with Crippen molar-refractivity contribution in [2.75, 3.05) is 6.61 Å². The fourth-order valence-corrected chi connectivity index (χ4v) is 1.83. The van der Waals surface area contributed by atoms with Crippen molar-refractivity contribution in [1.29, 1.82) is 0 Å². The molecule has 0 spiro atoms. The number of hydrogen-bond donors (Lipinski definition) is 0. The molecule has 0 amide bonds. The summed E-state index contributed by atoms with van der Waals surface area (Å²) in [6.45, 7) is 8.74. The Bertz CT molecular complexity index is 179. The molecular formula is C12H22O2. The molecule has 1 fully saturated rings. The molecule has 2 unspecified atom stereocenters. The number of ether oxygens (including phenoxy) is 2. The molecule has 0 N–H and O–H groups in total. The van der Waals surface area contributed by atoms with Gasteiger partial charge in [-0.05, 0) is 12.8 Å². The molecule has 0 bridgehead atoms. The van der Waals surface area contributed by atoms with Gasteiger partial charge in [0.25, 0.3) is 0 Å². The highest BCUT2D eigenvalue weighted by molar-refractivity contribution is 4.88. The first-order valence-corrected chi connectivity index (χ1v) is 5.70. The first-order valence-electron chi connectivity index (χ1n) is 5.70. The van der Waals surface area contributed by atoms with Crippen molar-refractivity contribution in [2.24, 2.45) is 0 Å². The maximum absolute atomic E-state index is 5.85. The van der Waals surface area contributed by atoms with Gasteiger partial charge in [0.1, 0.15) is 6.10 Å². The van der Waals surface area contributed by atoms with Crippen LogP contribution in [0.5, 0.6) is 0 Å². The van der Waals surface area contributed by atoms with Gasteiger partial charge in [0, 0.05) is 6.42 Å². The predicted molar refractivity (Wildman–Crippen MR) is 58.2 cm³/mol. The Morgan fingerprint density at radius 1 is 1.43 bits per heavy atom. The van der Waals surface area contributed by atoms with Crippen LogP contribution in [0.3, 0.4) is 0 Å². The van der Waals surface area contributed by atoms with Gasteiger partial charge < -0.3 is 9.47 Å². The molecule has 0 aromatic heterocycles. The summed E-state index contributed by atoms with van der Waals surface area (Å²) in [7, 11) is 0. The van der Waals surface area contributed by atoms with E-state index in [-0.39, 0.29) is 11.9 Å². The van der Waals surface area contributed by atoms with Crippen molar-refractivity contribution in [1.82, 2.24) is 0 Å². The lowest BCUT2D eigenvalue weighted by atomic mass is 10.1. The summed E-state index contributed by atoms with van der Waals surface area (Å²) in [5, 5.41) is 0. The van der Waals surface area contributed by atoms with E-state index in [4.69, 9.17) is 9.47 Å². The first-order chi connectivity index (χ1) is 6.76. The maximum Gasteiger partial charge on any atom is 0.169 e. The zero-order chi connectivity index (χ0) is 10.4. The van der Waals surface area contributed by atoms with Crippen LogP contribution in [0, 0.1) is 0 Å². The van der Waals surface area contributed by atoms with Gasteiger partial charge in [0.05, 0.1) is 6.61 Å². The van der Waals surface area contributed by atoms with Crippen molar-refractivity contribution < 1.29 is 9.47 Å². The van der Waals surface area contributed by atoms with E-state index in [1.807, 2.05) is 6.08 Å². The second-order valence-electron chi connectivity index (χ2n) is 3.92. The molecule has 1 heterocycles. The van der Waals surface area contributed by atoms with Crippen LogP contribution in [0.2, 0.25) is 0 Å². The SMILES string of the molecule is C=CC1COC(CC)(CCCCC)O1. The average molecular weight is 198 g/mol. The van der Waals surface area contributed by atoms with E-state index < -0.39 is 0 Å². The summed E-state index contributed by atoms with van der Waals surface area (Å²) in [5.41, 5.74) is 0. The first kappa shape index (κ1) is 11.7. The summed E-state index contributed by atoms with van der Waals surface area (Å²) in [6, 6.07) is 0. The monoisotopic (exact) mass is 198 g/mol. The number of hydrogen-bond acceptors (Lipinski definition) is 2. The number of unbranched alkanes of at least 4 members (excludes halogenated alkanes) is 2. The summed E-state index contributed by atoms with van der Waals surface area (Å²) in [6.07, 6.45) is 7.56. The topological polar surface area (TPSA) is 18.5 Å². The van der Waals surface area contributed by atoms with Gasteiger partial charge in [0.15, 0.2) is 5.79 Å². The van der Waals surface area contributed by atoms with Crippen molar-refractivity contribution in [2.45, 2.75) is 57.8 Å². The molecule has 0 aliphatic carbocycles. The minimum absolute atomic E-state index is 0.0941. The highest BCUT2D eigenvalue weighted by atomic mass is 16.7. The van der Waals surface area contributed by atoms with Gasteiger partial charge >= 0.3 is 0 Å². The van der Waals surface area contributed by atoms with Crippen molar-refractivity contribution in [3.63, 3.8) is 0 Å². The van der Waals surface area contributed by atoms with E-state index in [0.717, 1.165) is 12.8 Å². The minimum atomic E-state index is -0.311. The van der Waals surface area contributed by atoms with Crippen LogP contribution in [0.25, 0.3) is 0 Å². The molecule has 1 rings (SSSR count). The third-order valence-electron chi connectivity index (χ3n) is 2.84. The van der Waals surface area contributed by atoms with E-state index in [2.05, 4.69) is 20.4 Å². The summed E-state index contributed by atoms with van der Waals surface area (Å²) in [5.74, 6) is -0.311. The second kappa shape index (κ2) is 5.52. The third kappa shape index (κ3) is 2.82. The summed E-state index contributed by atoms with van der Waals surface area (Å²) >= 11 is 0. The van der Waals surface area contributed by atoms with Crippen LogP contribution in [-0.4, -0.2) is 18.5 Å². The van der Waals surface area contributed by atoms with Crippen LogP contribution >= 0.6 is 0 Å². The molecule has 0 radical (unpaired) electrons. The lowest BCUT2D eigenvalue weighted by Crippen LogP contribution is -2.29. The molecule has 82 valence electrons. The van der Waals surface area contributed by atoms with Gasteiger partial charge in [-0.3, -0.25) is 0 Å². The zero-order valence-electron chi connectivity index (χ0n) is 9.42. The van der Waals surface area contributed by atoms with Gasteiger partial charge in [0.2, 0.25) is 0 Å². The maximum atomic E-state index is 5.85. The Labute approximate surface area is 87.3 Å². The Morgan fingerprint density at radius 2 is 2.21 bits per heavy atom. The molecule has 1 saturated heterocycles. The zero-order valence-corrected chi connectivity index (χ0v) is 9.42. The Kier molecular flexibility index (Phi) is 4.63. The Morgan fingerprint density at radius 3 is 2.71 bits per heavy atom. The minimum Gasteiger partial charge on any atom is -0.347 e. The van der Waals surface area contributed by atoms with Crippen LogP contribution in [-0.2, 0) is 9.47 Å². The van der Waals surface area contributed by atoms with Crippen LogP contribution < -0.4 is 0 Å². The predicted octanol–water partition coefficient (Wildman–Crippen LogP) is 3.27. The van der Waals surface area contributed by atoms with Crippen molar-refractivity contribution in [3.8, 4) is 0 Å².